The SMILES string of the molecule is C#Cc1ccc(C#CCC)cc1.CC#Cc1ccc(C#Cc2ccc(C#CCC)cc2)c(C)c1C.CC#Cc1ccc(C(F)(F)F)c(C)c1C.COB1C2CCCC1CCC2.O=S(=O)=O. The van der Waals surface area contributed by atoms with Gasteiger partial charge >= 0.3 is 16.8 Å². The van der Waals surface area contributed by atoms with Gasteiger partial charge in [0.15, 0.2) is 0 Å². The lowest BCUT2D eigenvalue weighted by Gasteiger charge is -2.38. The summed E-state index contributed by atoms with van der Waals surface area (Å²) in [6.45, 7) is 15.5. The first-order chi connectivity index (χ1) is 31.0. The molecular formula is C56H58BF3O4S. The van der Waals surface area contributed by atoms with E-state index in [9.17, 15) is 13.2 Å². The first-order valence-corrected chi connectivity index (χ1v) is 22.6. The van der Waals surface area contributed by atoms with Crippen molar-refractivity contribution in [1.29, 1.82) is 0 Å². The van der Waals surface area contributed by atoms with Gasteiger partial charge in [-0.15, -0.1) is 30.9 Å². The van der Waals surface area contributed by atoms with E-state index in [1.165, 1.54) is 62.6 Å². The molecule has 0 unspecified atom stereocenters. The van der Waals surface area contributed by atoms with E-state index >= 15 is 0 Å². The molecule has 2 aliphatic heterocycles. The Morgan fingerprint density at radius 2 is 0.938 bits per heavy atom. The van der Waals surface area contributed by atoms with Crippen LogP contribution in [0.5, 0.6) is 0 Å². The second kappa shape index (κ2) is 29.2. The highest BCUT2D eigenvalue weighted by atomic mass is 32.2. The summed E-state index contributed by atoms with van der Waals surface area (Å²) < 4.78 is 68.4. The predicted octanol–water partition coefficient (Wildman–Crippen LogP) is 12.7. The van der Waals surface area contributed by atoms with Crippen LogP contribution in [0.25, 0.3) is 0 Å². The predicted molar refractivity (Wildman–Crippen MR) is 261 cm³/mol. The summed E-state index contributed by atoms with van der Waals surface area (Å²) in [5.74, 6) is 34.6. The summed E-state index contributed by atoms with van der Waals surface area (Å²) in [5.41, 5.74) is 9.42. The Hall–Kier alpha value is -6.33. The standard InChI is InChI=1S/C23H20.C12H11F3.C12H10.C9H17BO.O3S/c1-5-7-9-20-10-12-21(13-11-20)14-15-23-17-16-22(8-6-2)18(3)19(23)4;1-4-5-10-6-7-11(12(13,14)15)9(3)8(10)2;1-3-5-6-12-9-7-11(4-2)8-10-12;1-11-10-8-4-2-5-9(10)7-3-6-8;1-4(2)3/h10-13,16-17H,5H2,1-4H3;6-7H,1-3H3;2,7-10H,3H2,1H3;8-9H,2-7H2,1H3;. The zero-order chi connectivity index (χ0) is 48.4. The molecular weight excluding hydrogens is 836 g/mol. The van der Waals surface area contributed by atoms with Gasteiger partial charge in [-0.1, -0.05) is 106 Å². The van der Waals surface area contributed by atoms with E-state index in [1.807, 2.05) is 75.6 Å². The van der Waals surface area contributed by atoms with E-state index in [0.717, 1.165) is 63.9 Å². The number of terminal acetylenes is 1. The van der Waals surface area contributed by atoms with Gasteiger partial charge in [0.25, 0.3) is 6.92 Å². The lowest BCUT2D eigenvalue weighted by molar-refractivity contribution is -0.138. The molecule has 65 heavy (non-hydrogen) atoms. The lowest BCUT2D eigenvalue weighted by Crippen LogP contribution is -2.36. The van der Waals surface area contributed by atoms with E-state index in [-0.39, 0.29) is 5.56 Å². The third-order valence-electron chi connectivity index (χ3n) is 11.0. The molecule has 2 fully saturated rings. The average Bonchev–Trinajstić information content (AvgIpc) is 3.28. The van der Waals surface area contributed by atoms with Gasteiger partial charge in [0.05, 0.1) is 5.56 Å². The van der Waals surface area contributed by atoms with Crippen molar-refractivity contribution in [3.63, 3.8) is 0 Å². The highest BCUT2D eigenvalue weighted by molar-refractivity contribution is 7.59. The fraction of sp³-hybridized carbons (Fsp3) is 0.357. The van der Waals surface area contributed by atoms with Crippen LogP contribution in [-0.4, -0.2) is 26.7 Å². The molecule has 4 aromatic carbocycles. The number of alkyl halides is 3. The smallest absolute Gasteiger partial charge is 0.425 e. The summed E-state index contributed by atoms with van der Waals surface area (Å²) in [4.78, 5) is 0. The van der Waals surface area contributed by atoms with Crippen LogP contribution in [0, 0.1) is 99.2 Å². The minimum Gasteiger partial charge on any atom is -0.438 e. The summed E-state index contributed by atoms with van der Waals surface area (Å²) in [5, 5.41) is 0. The molecule has 9 heteroatoms. The first kappa shape index (κ1) is 54.8. The summed E-state index contributed by atoms with van der Waals surface area (Å²) >= 11 is 0. The van der Waals surface area contributed by atoms with Crippen LogP contribution in [0.1, 0.15) is 146 Å². The summed E-state index contributed by atoms with van der Waals surface area (Å²) in [7, 11) is -1.22. The molecule has 0 spiro atoms. The molecule has 0 radical (unpaired) electrons. The summed E-state index contributed by atoms with van der Waals surface area (Å²) in [6, 6.07) is 22.4. The maximum Gasteiger partial charge on any atom is 0.425 e. The van der Waals surface area contributed by atoms with Gasteiger partial charge in [-0.3, -0.25) is 0 Å². The van der Waals surface area contributed by atoms with Crippen LogP contribution >= 0.6 is 0 Å². The van der Waals surface area contributed by atoms with Gasteiger partial charge in [0.1, 0.15) is 0 Å². The minimum atomic E-state index is -4.28. The monoisotopic (exact) mass is 894 g/mol. The molecule has 2 saturated heterocycles. The number of halogens is 3. The average molecular weight is 895 g/mol. The fourth-order valence-corrected chi connectivity index (χ4v) is 7.43. The second-order valence-electron chi connectivity index (χ2n) is 15.2. The van der Waals surface area contributed by atoms with Gasteiger partial charge in [-0.05, 0) is 148 Å². The first-order valence-electron chi connectivity index (χ1n) is 21.6. The number of benzene rings is 4. The van der Waals surface area contributed by atoms with Crippen LogP contribution in [0.4, 0.5) is 13.2 Å². The Kier molecular flexibility index (Phi) is 24.6. The topological polar surface area (TPSA) is 60.4 Å². The zero-order valence-corrected chi connectivity index (χ0v) is 39.9. The van der Waals surface area contributed by atoms with Gasteiger partial charge < -0.3 is 4.65 Å². The Morgan fingerprint density at radius 1 is 0.585 bits per heavy atom. The van der Waals surface area contributed by atoms with E-state index in [2.05, 4.69) is 92.0 Å². The molecule has 6 rings (SSSR count). The van der Waals surface area contributed by atoms with Crippen molar-refractivity contribution < 1.29 is 30.5 Å². The largest absolute Gasteiger partial charge is 0.438 e. The van der Waals surface area contributed by atoms with Crippen molar-refractivity contribution in [2.24, 2.45) is 0 Å². The van der Waals surface area contributed by atoms with Crippen LogP contribution in [-0.2, 0) is 21.4 Å². The van der Waals surface area contributed by atoms with Crippen LogP contribution < -0.4 is 0 Å². The van der Waals surface area contributed by atoms with Gasteiger partial charge in [0, 0.05) is 58.9 Å². The molecule has 0 saturated carbocycles. The van der Waals surface area contributed by atoms with Crippen molar-refractivity contribution in [2.75, 3.05) is 7.11 Å². The number of hydrogen-bond acceptors (Lipinski definition) is 4. The molecule has 2 aliphatic rings. The molecule has 0 N–H and O–H groups in total. The van der Waals surface area contributed by atoms with Crippen LogP contribution in [0.15, 0.2) is 72.8 Å². The quantitative estimate of drug-likeness (QED) is 0.141. The van der Waals surface area contributed by atoms with Crippen molar-refractivity contribution >= 4 is 17.5 Å². The highest BCUT2D eigenvalue weighted by Gasteiger charge is 2.40. The van der Waals surface area contributed by atoms with E-state index in [0.29, 0.717) is 18.0 Å². The Labute approximate surface area is 389 Å². The third-order valence-corrected chi connectivity index (χ3v) is 11.0. The minimum absolute atomic E-state index is 0.253. The Balaban J connectivity index is 0.000000301. The van der Waals surface area contributed by atoms with Gasteiger partial charge in [-0.2, -0.15) is 13.2 Å². The molecule has 4 aromatic rings. The molecule has 0 aliphatic carbocycles. The Morgan fingerprint density at radius 3 is 1.28 bits per heavy atom. The van der Waals surface area contributed by atoms with Crippen molar-refractivity contribution in [2.45, 2.75) is 125 Å². The van der Waals surface area contributed by atoms with Crippen LogP contribution in [0.2, 0.25) is 11.6 Å². The maximum absolute atomic E-state index is 12.5. The van der Waals surface area contributed by atoms with Gasteiger partial charge in [-0.25, -0.2) is 0 Å². The molecule has 0 aromatic heterocycles. The fourth-order valence-electron chi connectivity index (χ4n) is 7.43. The van der Waals surface area contributed by atoms with Crippen LogP contribution in [0.3, 0.4) is 0 Å². The molecule has 0 amide bonds. The van der Waals surface area contributed by atoms with Crippen molar-refractivity contribution in [3.05, 3.63) is 140 Å². The van der Waals surface area contributed by atoms with E-state index in [4.69, 9.17) is 23.7 Å². The van der Waals surface area contributed by atoms with E-state index < -0.39 is 22.3 Å². The highest BCUT2D eigenvalue weighted by Crippen LogP contribution is 2.46. The van der Waals surface area contributed by atoms with Gasteiger partial charge in [0.2, 0.25) is 0 Å². The normalized spacial score (nSPS) is 13.8. The molecule has 336 valence electrons. The maximum atomic E-state index is 12.5. The number of fused-ring (bicyclic) bond motifs is 2. The van der Waals surface area contributed by atoms with Crippen molar-refractivity contribution in [3.8, 4) is 71.5 Å². The summed E-state index contributed by atoms with van der Waals surface area (Å²) in [6.07, 6.45) is 11.3. The zero-order valence-electron chi connectivity index (χ0n) is 39.1. The third kappa shape index (κ3) is 19.1. The van der Waals surface area contributed by atoms with Crippen molar-refractivity contribution in [1.82, 2.24) is 0 Å². The number of rotatable bonds is 1. The number of hydrogen-bond donors (Lipinski definition) is 0. The molecule has 2 heterocycles. The second-order valence-corrected chi connectivity index (χ2v) is 15.6. The molecule has 2 bridgehead atoms. The Bertz CT molecular complexity index is 2650. The molecule has 4 nitrogen and oxygen atoms in total. The van der Waals surface area contributed by atoms with E-state index in [1.54, 1.807) is 13.8 Å². The lowest BCUT2D eigenvalue weighted by atomic mass is 9.38. The molecule has 0 atom stereocenters.